The number of piperidine rings is 1. The van der Waals surface area contributed by atoms with Gasteiger partial charge in [0.15, 0.2) is 0 Å². The second-order valence-corrected chi connectivity index (χ2v) is 5.88. The molecule has 100 valence electrons. The van der Waals surface area contributed by atoms with Gasteiger partial charge in [0, 0.05) is 6.54 Å². The average Bonchev–Trinajstić information content (AvgIpc) is 2.37. The van der Waals surface area contributed by atoms with Gasteiger partial charge in [0.05, 0.1) is 10.0 Å². The van der Waals surface area contributed by atoms with Gasteiger partial charge in [-0.15, -0.1) is 0 Å². The van der Waals surface area contributed by atoms with Gasteiger partial charge < -0.3 is 10.2 Å². The summed E-state index contributed by atoms with van der Waals surface area (Å²) in [5, 5.41) is 4.80. The Morgan fingerprint density at radius 1 is 1.28 bits per heavy atom. The first-order chi connectivity index (χ1) is 8.66. The highest BCUT2D eigenvalue weighted by atomic mass is 35.5. The third-order valence-electron chi connectivity index (χ3n) is 3.62. The Hall–Kier alpha value is -0.280. The molecule has 1 saturated heterocycles. The molecule has 0 amide bonds. The summed E-state index contributed by atoms with van der Waals surface area (Å²) in [5.41, 5.74) is 1.08. The lowest BCUT2D eigenvalue weighted by Crippen LogP contribution is -2.34. The quantitative estimate of drug-likeness (QED) is 0.912. The van der Waals surface area contributed by atoms with Crippen LogP contribution in [0.3, 0.4) is 0 Å². The Bertz CT molecular complexity index is 387. The van der Waals surface area contributed by atoms with Crippen LogP contribution in [0.25, 0.3) is 0 Å². The molecule has 1 heterocycles. The van der Waals surface area contributed by atoms with Crippen LogP contribution in [0.4, 0.5) is 0 Å². The molecule has 0 bridgehead atoms. The highest BCUT2D eigenvalue weighted by Crippen LogP contribution is 2.25. The van der Waals surface area contributed by atoms with Gasteiger partial charge in [0.25, 0.3) is 0 Å². The van der Waals surface area contributed by atoms with Gasteiger partial charge in [-0.25, -0.2) is 0 Å². The number of likely N-dealkylation sites (tertiary alicyclic amines) is 1. The maximum Gasteiger partial charge on any atom is 0.0637 e. The zero-order valence-corrected chi connectivity index (χ0v) is 12.3. The van der Waals surface area contributed by atoms with Crippen molar-refractivity contribution in [2.45, 2.75) is 19.4 Å². The summed E-state index contributed by atoms with van der Waals surface area (Å²) in [6.07, 6.45) is 2.57. The van der Waals surface area contributed by atoms with Gasteiger partial charge in [-0.3, -0.25) is 0 Å². The summed E-state index contributed by atoms with van der Waals surface area (Å²) in [6.45, 7) is 4.29. The molecule has 1 aliphatic rings. The normalized spacial score (nSPS) is 18.2. The van der Waals surface area contributed by atoms with Crippen LogP contribution in [0, 0.1) is 5.92 Å². The van der Waals surface area contributed by atoms with Gasteiger partial charge in [-0.1, -0.05) is 35.3 Å². The molecule has 0 atom stereocenters. The van der Waals surface area contributed by atoms with Crippen molar-refractivity contribution in [3.8, 4) is 0 Å². The zero-order valence-electron chi connectivity index (χ0n) is 10.8. The lowest BCUT2D eigenvalue weighted by Gasteiger charge is -2.29. The first kappa shape index (κ1) is 14.1. The Kier molecular flexibility index (Phi) is 5.31. The van der Waals surface area contributed by atoms with Crippen molar-refractivity contribution in [3.63, 3.8) is 0 Å². The fourth-order valence-electron chi connectivity index (χ4n) is 2.36. The molecule has 1 aromatic carbocycles. The second-order valence-electron chi connectivity index (χ2n) is 5.09. The molecular formula is C14H20Cl2N2. The highest BCUT2D eigenvalue weighted by molar-refractivity contribution is 6.42. The van der Waals surface area contributed by atoms with E-state index >= 15 is 0 Å². The van der Waals surface area contributed by atoms with E-state index in [0.717, 1.165) is 24.6 Å². The van der Waals surface area contributed by atoms with E-state index in [2.05, 4.69) is 17.3 Å². The summed E-state index contributed by atoms with van der Waals surface area (Å²) < 4.78 is 0. The lowest BCUT2D eigenvalue weighted by molar-refractivity contribution is 0.216. The number of benzene rings is 1. The predicted molar refractivity (Wildman–Crippen MR) is 78.4 cm³/mol. The molecule has 0 unspecified atom stereocenters. The molecule has 1 aliphatic heterocycles. The first-order valence-electron chi connectivity index (χ1n) is 6.49. The molecular weight excluding hydrogens is 267 g/mol. The number of hydrogen-bond acceptors (Lipinski definition) is 2. The van der Waals surface area contributed by atoms with Crippen molar-refractivity contribution in [2.24, 2.45) is 5.92 Å². The Labute approximate surface area is 119 Å². The van der Waals surface area contributed by atoms with E-state index in [0.29, 0.717) is 10.0 Å². The van der Waals surface area contributed by atoms with Crippen LogP contribution in [0.2, 0.25) is 10.0 Å². The van der Waals surface area contributed by atoms with Crippen LogP contribution < -0.4 is 5.32 Å². The van der Waals surface area contributed by atoms with E-state index in [4.69, 9.17) is 23.2 Å². The summed E-state index contributed by atoms with van der Waals surface area (Å²) >= 11 is 12.1. The van der Waals surface area contributed by atoms with E-state index in [-0.39, 0.29) is 0 Å². The molecule has 2 rings (SSSR count). The Balaban J connectivity index is 1.77. The van der Waals surface area contributed by atoms with Crippen molar-refractivity contribution in [1.82, 2.24) is 10.2 Å². The van der Waals surface area contributed by atoms with Gasteiger partial charge >= 0.3 is 0 Å². The van der Waals surface area contributed by atoms with E-state index < -0.39 is 0 Å². The second kappa shape index (κ2) is 6.76. The maximum absolute atomic E-state index is 6.16. The lowest BCUT2D eigenvalue weighted by atomic mass is 9.97. The standard InChI is InChI=1S/C14H20Cl2N2/c1-18-7-5-11(6-8-18)9-17-10-12-3-2-4-13(15)14(12)16/h2-4,11,17H,5-10H2,1H3. The monoisotopic (exact) mass is 286 g/mol. The minimum atomic E-state index is 0.634. The topological polar surface area (TPSA) is 15.3 Å². The summed E-state index contributed by atoms with van der Waals surface area (Å²) in [7, 11) is 2.19. The van der Waals surface area contributed by atoms with Gasteiger partial charge in [-0.2, -0.15) is 0 Å². The fraction of sp³-hybridized carbons (Fsp3) is 0.571. The number of halogens is 2. The third-order valence-corrected chi connectivity index (χ3v) is 4.48. The van der Waals surface area contributed by atoms with Gasteiger partial charge in [-0.05, 0) is 57.1 Å². The number of nitrogens with one attached hydrogen (secondary N) is 1. The van der Waals surface area contributed by atoms with Crippen molar-refractivity contribution in [3.05, 3.63) is 33.8 Å². The van der Waals surface area contributed by atoms with Crippen molar-refractivity contribution in [2.75, 3.05) is 26.7 Å². The van der Waals surface area contributed by atoms with Crippen LogP contribution in [-0.2, 0) is 6.54 Å². The molecule has 0 saturated carbocycles. The third kappa shape index (κ3) is 3.86. The summed E-state index contributed by atoms with van der Waals surface area (Å²) in [4.78, 5) is 2.39. The number of hydrogen-bond donors (Lipinski definition) is 1. The van der Waals surface area contributed by atoms with E-state index in [1.54, 1.807) is 0 Å². The molecule has 0 spiro atoms. The number of nitrogens with zero attached hydrogens (tertiary/aromatic N) is 1. The van der Waals surface area contributed by atoms with Crippen molar-refractivity contribution < 1.29 is 0 Å². The molecule has 0 radical (unpaired) electrons. The molecule has 0 aromatic heterocycles. The highest BCUT2D eigenvalue weighted by Gasteiger charge is 2.16. The molecule has 1 N–H and O–H groups in total. The van der Waals surface area contributed by atoms with E-state index in [1.165, 1.54) is 25.9 Å². The Morgan fingerprint density at radius 3 is 2.72 bits per heavy atom. The first-order valence-corrected chi connectivity index (χ1v) is 7.24. The van der Waals surface area contributed by atoms with Crippen LogP contribution in [0.1, 0.15) is 18.4 Å². The molecule has 4 heteroatoms. The average molecular weight is 287 g/mol. The van der Waals surface area contributed by atoms with Crippen LogP contribution in [0.15, 0.2) is 18.2 Å². The van der Waals surface area contributed by atoms with E-state index in [1.807, 2.05) is 18.2 Å². The minimum absolute atomic E-state index is 0.634. The molecule has 1 aromatic rings. The zero-order chi connectivity index (χ0) is 13.0. The minimum Gasteiger partial charge on any atom is -0.312 e. The van der Waals surface area contributed by atoms with Crippen molar-refractivity contribution in [1.29, 1.82) is 0 Å². The molecule has 18 heavy (non-hydrogen) atoms. The van der Waals surface area contributed by atoms with Gasteiger partial charge in [0.2, 0.25) is 0 Å². The van der Waals surface area contributed by atoms with Crippen LogP contribution in [-0.4, -0.2) is 31.6 Å². The summed E-state index contributed by atoms with van der Waals surface area (Å²) in [5.74, 6) is 0.791. The molecule has 1 fully saturated rings. The molecule has 2 nitrogen and oxygen atoms in total. The SMILES string of the molecule is CN1CCC(CNCc2cccc(Cl)c2Cl)CC1. The summed E-state index contributed by atoms with van der Waals surface area (Å²) in [6, 6.07) is 5.79. The van der Waals surface area contributed by atoms with Crippen LogP contribution >= 0.6 is 23.2 Å². The van der Waals surface area contributed by atoms with E-state index in [9.17, 15) is 0 Å². The van der Waals surface area contributed by atoms with Crippen LogP contribution in [0.5, 0.6) is 0 Å². The van der Waals surface area contributed by atoms with Gasteiger partial charge in [0.1, 0.15) is 0 Å². The number of rotatable bonds is 4. The predicted octanol–water partition coefficient (Wildman–Crippen LogP) is 3.42. The smallest absolute Gasteiger partial charge is 0.0637 e. The molecule has 0 aliphatic carbocycles. The largest absolute Gasteiger partial charge is 0.312 e. The maximum atomic E-state index is 6.16. The Morgan fingerprint density at radius 2 is 2.00 bits per heavy atom. The fourth-order valence-corrected chi connectivity index (χ4v) is 2.75. The van der Waals surface area contributed by atoms with Crippen molar-refractivity contribution >= 4 is 23.2 Å².